The van der Waals surface area contributed by atoms with Gasteiger partial charge in [0, 0.05) is 6.61 Å². The van der Waals surface area contributed by atoms with Crippen LogP contribution >= 0.6 is 0 Å². The third-order valence-electron chi connectivity index (χ3n) is 2.29. The summed E-state index contributed by atoms with van der Waals surface area (Å²) in [5.41, 5.74) is -1.23. The van der Waals surface area contributed by atoms with Crippen molar-refractivity contribution in [2.45, 2.75) is 44.6 Å². The highest BCUT2D eigenvalue weighted by Crippen LogP contribution is 2.29. The van der Waals surface area contributed by atoms with Crippen molar-refractivity contribution >= 4 is 5.97 Å². The fourth-order valence-corrected chi connectivity index (χ4v) is 1.49. The molecule has 0 aromatic rings. The molecule has 1 aliphatic rings. The molecule has 1 atom stereocenters. The van der Waals surface area contributed by atoms with E-state index in [1.807, 2.05) is 0 Å². The first kappa shape index (κ1) is 12.3. The molecule has 0 aliphatic carbocycles. The molecule has 0 aromatic carbocycles. The summed E-state index contributed by atoms with van der Waals surface area (Å²) in [4.78, 5) is 10.6. The largest absolute Gasteiger partial charge is 0.490 e. The van der Waals surface area contributed by atoms with Gasteiger partial charge in [-0.1, -0.05) is 0 Å². The van der Waals surface area contributed by atoms with E-state index in [0.717, 1.165) is 6.42 Å². The molecule has 0 radical (unpaired) electrons. The van der Waals surface area contributed by atoms with E-state index in [9.17, 15) is 18.0 Å². The van der Waals surface area contributed by atoms with E-state index in [2.05, 4.69) is 4.74 Å². The molecule has 0 N–H and O–H groups in total. The first-order valence-corrected chi connectivity index (χ1v) is 4.65. The molecule has 1 fully saturated rings. The van der Waals surface area contributed by atoms with Crippen LogP contribution < -0.4 is 0 Å². The predicted octanol–water partition coefficient (Wildman–Crippen LogP) is 2.05. The highest BCUT2D eigenvalue weighted by atomic mass is 19.4. The van der Waals surface area contributed by atoms with Crippen molar-refractivity contribution < 1.29 is 27.4 Å². The molecule has 0 saturated carbocycles. The van der Waals surface area contributed by atoms with Crippen LogP contribution in [0.5, 0.6) is 0 Å². The summed E-state index contributed by atoms with van der Waals surface area (Å²) in [6.45, 7) is 3.34. The topological polar surface area (TPSA) is 35.5 Å². The maximum absolute atomic E-state index is 12.0. The van der Waals surface area contributed by atoms with Crippen LogP contribution in [-0.2, 0) is 14.3 Å². The molecule has 0 aromatic heterocycles. The minimum Gasteiger partial charge on any atom is -0.450 e. The van der Waals surface area contributed by atoms with Gasteiger partial charge in [0.2, 0.25) is 0 Å². The first-order chi connectivity index (χ1) is 6.73. The fraction of sp³-hybridized carbons (Fsp3) is 0.889. The van der Waals surface area contributed by atoms with Crippen LogP contribution in [0, 0.1) is 0 Å². The highest BCUT2D eigenvalue weighted by Gasteiger charge is 2.46. The van der Waals surface area contributed by atoms with Gasteiger partial charge >= 0.3 is 12.1 Å². The second-order valence-electron chi connectivity index (χ2n) is 3.99. The number of carbonyl (C=O) groups excluding carboxylic acids is 1. The Morgan fingerprint density at radius 2 is 2.00 bits per heavy atom. The fourth-order valence-electron chi connectivity index (χ4n) is 1.49. The van der Waals surface area contributed by atoms with Gasteiger partial charge < -0.3 is 9.47 Å². The Kier molecular flexibility index (Phi) is 3.28. The zero-order valence-electron chi connectivity index (χ0n) is 8.56. The predicted molar refractivity (Wildman–Crippen MR) is 45.2 cm³/mol. The second kappa shape index (κ2) is 4.00. The third-order valence-corrected chi connectivity index (χ3v) is 2.29. The molecule has 0 spiro atoms. The van der Waals surface area contributed by atoms with Crippen LogP contribution in [-0.4, -0.2) is 30.5 Å². The Labute approximate surface area is 85.5 Å². The molecule has 1 unspecified atom stereocenters. The zero-order valence-corrected chi connectivity index (χ0v) is 8.56. The van der Waals surface area contributed by atoms with Gasteiger partial charge in [0.05, 0.1) is 6.10 Å². The summed E-state index contributed by atoms with van der Waals surface area (Å²) >= 11 is 0. The van der Waals surface area contributed by atoms with Gasteiger partial charge in [0.25, 0.3) is 0 Å². The summed E-state index contributed by atoms with van der Waals surface area (Å²) in [6, 6.07) is 0. The Morgan fingerprint density at radius 1 is 1.40 bits per heavy atom. The third kappa shape index (κ3) is 3.09. The maximum Gasteiger partial charge on any atom is 0.490 e. The average molecular weight is 226 g/mol. The van der Waals surface area contributed by atoms with Gasteiger partial charge in [-0.2, -0.15) is 13.2 Å². The van der Waals surface area contributed by atoms with Crippen LogP contribution in [0.3, 0.4) is 0 Å². The van der Waals surface area contributed by atoms with Crippen LogP contribution in [0.1, 0.15) is 26.7 Å². The van der Waals surface area contributed by atoms with Crippen molar-refractivity contribution in [2.75, 3.05) is 6.61 Å². The Balaban J connectivity index is 2.59. The van der Waals surface area contributed by atoms with Gasteiger partial charge in [-0.15, -0.1) is 0 Å². The second-order valence-corrected chi connectivity index (χ2v) is 3.99. The Hall–Kier alpha value is -0.780. The molecule has 0 bridgehead atoms. The summed E-state index contributed by atoms with van der Waals surface area (Å²) < 4.78 is 45.4. The SMILES string of the molecule is CC(C)(OC(=O)C(F)(F)F)C1CCCO1. The van der Waals surface area contributed by atoms with E-state index in [-0.39, 0.29) is 0 Å². The first-order valence-electron chi connectivity index (χ1n) is 4.65. The van der Waals surface area contributed by atoms with E-state index >= 15 is 0 Å². The molecular weight excluding hydrogens is 213 g/mol. The minimum absolute atomic E-state index is 0.455. The number of ether oxygens (including phenoxy) is 2. The van der Waals surface area contributed by atoms with Crippen molar-refractivity contribution in [3.63, 3.8) is 0 Å². The number of rotatable bonds is 2. The number of esters is 1. The summed E-state index contributed by atoms with van der Waals surface area (Å²) in [6.07, 6.45) is -4.02. The van der Waals surface area contributed by atoms with Gasteiger partial charge in [-0.3, -0.25) is 0 Å². The van der Waals surface area contributed by atoms with Crippen molar-refractivity contribution in [1.29, 1.82) is 0 Å². The minimum atomic E-state index is -4.95. The number of hydrogen-bond acceptors (Lipinski definition) is 3. The van der Waals surface area contributed by atoms with Crippen LogP contribution in [0.4, 0.5) is 13.2 Å². The maximum atomic E-state index is 12.0. The van der Waals surface area contributed by atoms with Gasteiger partial charge in [0.1, 0.15) is 5.60 Å². The van der Waals surface area contributed by atoms with Gasteiger partial charge in [0.15, 0.2) is 0 Å². The smallest absolute Gasteiger partial charge is 0.450 e. The molecule has 1 saturated heterocycles. The normalized spacial score (nSPS) is 22.9. The molecular formula is C9H13F3O3. The Morgan fingerprint density at radius 3 is 2.40 bits per heavy atom. The van der Waals surface area contributed by atoms with Crippen molar-refractivity contribution in [3.8, 4) is 0 Å². The summed E-state index contributed by atoms with van der Waals surface area (Å²) in [7, 11) is 0. The number of halogens is 3. The van der Waals surface area contributed by atoms with Crippen LogP contribution in [0.15, 0.2) is 0 Å². The van der Waals surface area contributed by atoms with Crippen LogP contribution in [0.25, 0.3) is 0 Å². The molecule has 6 heteroatoms. The molecule has 1 rings (SSSR count). The number of hydrogen-bond donors (Lipinski definition) is 0. The van der Waals surface area contributed by atoms with Crippen LogP contribution in [0.2, 0.25) is 0 Å². The summed E-state index contributed by atoms with van der Waals surface area (Å²) in [5.74, 6) is -2.16. The van der Waals surface area contributed by atoms with E-state index in [1.54, 1.807) is 0 Å². The molecule has 1 heterocycles. The molecule has 88 valence electrons. The lowest BCUT2D eigenvalue weighted by atomic mass is 9.99. The number of alkyl halides is 3. The van der Waals surface area contributed by atoms with Crippen molar-refractivity contribution in [3.05, 3.63) is 0 Å². The van der Waals surface area contributed by atoms with Crippen molar-refractivity contribution in [1.82, 2.24) is 0 Å². The molecule has 1 aliphatic heterocycles. The van der Waals surface area contributed by atoms with Gasteiger partial charge in [-0.25, -0.2) is 4.79 Å². The van der Waals surface area contributed by atoms with E-state index in [1.165, 1.54) is 13.8 Å². The average Bonchev–Trinajstić information content (AvgIpc) is 2.52. The van der Waals surface area contributed by atoms with Gasteiger partial charge in [-0.05, 0) is 26.7 Å². The zero-order chi connectivity index (χ0) is 11.7. The summed E-state index contributed by atoms with van der Waals surface area (Å²) in [5, 5.41) is 0. The lowest BCUT2D eigenvalue weighted by Gasteiger charge is -2.30. The molecule has 3 nitrogen and oxygen atoms in total. The monoisotopic (exact) mass is 226 g/mol. The highest BCUT2D eigenvalue weighted by molar-refractivity contribution is 5.76. The lowest BCUT2D eigenvalue weighted by Crippen LogP contribution is -2.43. The Bertz CT molecular complexity index is 241. The lowest BCUT2D eigenvalue weighted by molar-refractivity contribution is -0.219. The molecule has 0 amide bonds. The van der Waals surface area contributed by atoms with Crippen molar-refractivity contribution in [2.24, 2.45) is 0 Å². The van der Waals surface area contributed by atoms with E-state index in [4.69, 9.17) is 4.74 Å². The van der Waals surface area contributed by atoms with E-state index in [0.29, 0.717) is 13.0 Å². The molecule has 15 heavy (non-hydrogen) atoms. The quantitative estimate of drug-likeness (QED) is 0.676. The number of carbonyl (C=O) groups is 1. The van der Waals surface area contributed by atoms with E-state index < -0.39 is 23.9 Å². The standard InChI is InChI=1S/C9H13F3O3/c1-8(2,6-4-3-5-14-6)15-7(13)9(10,11)12/h6H,3-5H2,1-2H3.